The van der Waals surface area contributed by atoms with E-state index in [-0.39, 0.29) is 0 Å². The maximum absolute atomic E-state index is 4.58. The Hall–Kier alpha value is -1.68. The highest BCUT2D eigenvalue weighted by Gasteiger charge is 2.21. The first-order chi connectivity index (χ1) is 9.43. The first kappa shape index (κ1) is 11.2. The Balaban J connectivity index is 1.95. The van der Waals surface area contributed by atoms with Gasteiger partial charge in [0.1, 0.15) is 12.0 Å². The van der Waals surface area contributed by atoms with Gasteiger partial charge in [0.25, 0.3) is 0 Å². The Morgan fingerprint density at radius 1 is 1.05 bits per heavy atom. The van der Waals surface area contributed by atoms with Crippen molar-refractivity contribution in [2.24, 2.45) is 0 Å². The average Bonchev–Trinajstić information content (AvgIpc) is 2.86. The van der Waals surface area contributed by atoms with Gasteiger partial charge in [-0.2, -0.15) is 0 Å². The molecule has 0 amide bonds. The van der Waals surface area contributed by atoms with Crippen LogP contribution in [0.2, 0.25) is 0 Å². The van der Waals surface area contributed by atoms with Crippen molar-refractivity contribution >= 4 is 16.6 Å². The standard InChI is InChI=1S/C15H18N4/c1-2-4-12-11(3-1)13-14(10-5-7-16-8-6-10)17-9-18-15(13)19-12/h5,9,16H,1-4,6-8H2,(H,17,18,19). The molecule has 4 rings (SSSR count). The zero-order valence-corrected chi connectivity index (χ0v) is 11.0. The van der Waals surface area contributed by atoms with Crippen molar-refractivity contribution in [3.63, 3.8) is 0 Å². The summed E-state index contributed by atoms with van der Waals surface area (Å²) in [7, 11) is 0. The molecule has 0 fully saturated rings. The third kappa shape index (κ3) is 1.78. The van der Waals surface area contributed by atoms with Crippen LogP contribution in [0.5, 0.6) is 0 Å². The number of nitrogens with zero attached hydrogens (tertiary/aromatic N) is 2. The number of nitrogens with one attached hydrogen (secondary N) is 2. The summed E-state index contributed by atoms with van der Waals surface area (Å²) < 4.78 is 0. The number of H-pyrrole nitrogens is 1. The lowest BCUT2D eigenvalue weighted by atomic mass is 9.93. The highest BCUT2D eigenvalue weighted by Crippen LogP contribution is 2.33. The van der Waals surface area contributed by atoms with Crippen molar-refractivity contribution in [3.8, 4) is 0 Å². The smallest absolute Gasteiger partial charge is 0.141 e. The Morgan fingerprint density at radius 2 is 2.00 bits per heavy atom. The molecule has 4 nitrogen and oxygen atoms in total. The fourth-order valence-electron chi connectivity index (χ4n) is 3.31. The normalized spacial score (nSPS) is 19.3. The summed E-state index contributed by atoms with van der Waals surface area (Å²) in [5, 5.41) is 4.64. The second kappa shape index (κ2) is 4.46. The average molecular weight is 254 g/mol. The number of aryl methyl sites for hydroxylation is 2. The van der Waals surface area contributed by atoms with Gasteiger partial charge >= 0.3 is 0 Å². The molecule has 2 aromatic rings. The highest BCUT2D eigenvalue weighted by atomic mass is 14.9. The van der Waals surface area contributed by atoms with Gasteiger partial charge in [0, 0.05) is 17.6 Å². The first-order valence-corrected chi connectivity index (χ1v) is 7.18. The highest BCUT2D eigenvalue weighted by molar-refractivity contribution is 5.92. The fourth-order valence-corrected chi connectivity index (χ4v) is 3.31. The van der Waals surface area contributed by atoms with E-state index in [1.165, 1.54) is 41.5 Å². The van der Waals surface area contributed by atoms with Gasteiger partial charge in [-0.05, 0) is 49.8 Å². The van der Waals surface area contributed by atoms with Crippen molar-refractivity contribution in [2.45, 2.75) is 32.1 Å². The molecule has 1 aliphatic heterocycles. The quantitative estimate of drug-likeness (QED) is 0.820. The van der Waals surface area contributed by atoms with Crippen molar-refractivity contribution in [1.82, 2.24) is 20.3 Å². The van der Waals surface area contributed by atoms with Crippen molar-refractivity contribution in [2.75, 3.05) is 13.1 Å². The van der Waals surface area contributed by atoms with Gasteiger partial charge in [0.15, 0.2) is 0 Å². The number of hydrogen-bond acceptors (Lipinski definition) is 3. The van der Waals surface area contributed by atoms with Gasteiger partial charge in [0.2, 0.25) is 0 Å². The van der Waals surface area contributed by atoms with Crippen LogP contribution in [0.4, 0.5) is 0 Å². The SMILES string of the molecule is C1=C(c2ncnc3[nH]c4c(c23)CCCC4)CCNC1. The van der Waals surface area contributed by atoms with Gasteiger partial charge in [-0.3, -0.25) is 0 Å². The Labute approximate surface area is 112 Å². The minimum absolute atomic E-state index is 0.952. The summed E-state index contributed by atoms with van der Waals surface area (Å²) in [5.41, 5.74) is 6.41. The maximum Gasteiger partial charge on any atom is 0.141 e. The molecule has 0 radical (unpaired) electrons. The number of hydrogen-bond donors (Lipinski definition) is 2. The molecule has 0 saturated heterocycles. The molecule has 0 unspecified atom stereocenters. The van der Waals surface area contributed by atoms with Crippen LogP contribution in [0.1, 0.15) is 36.2 Å². The van der Waals surface area contributed by atoms with Crippen molar-refractivity contribution in [1.29, 1.82) is 0 Å². The van der Waals surface area contributed by atoms with Gasteiger partial charge in [-0.1, -0.05) is 6.08 Å². The van der Waals surface area contributed by atoms with E-state index in [9.17, 15) is 0 Å². The minimum Gasteiger partial charge on any atom is -0.343 e. The molecule has 0 aromatic carbocycles. The summed E-state index contributed by atoms with van der Waals surface area (Å²) in [6.07, 6.45) is 9.93. The Morgan fingerprint density at radius 3 is 2.89 bits per heavy atom. The molecule has 3 heterocycles. The lowest BCUT2D eigenvalue weighted by molar-refractivity contribution is 0.679. The number of aromatic amines is 1. The van der Waals surface area contributed by atoms with E-state index >= 15 is 0 Å². The number of aromatic nitrogens is 3. The second-order valence-electron chi connectivity index (χ2n) is 5.42. The van der Waals surface area contributed by atoms with E-state index in [1.807, 2.05) is 0 Å². The van der Waals surface area contributed by atoms with Crippen LogP contribution in [0, 0.1) is 0 Å². The van der Waals surface area contributed by atoms with Gasteiger partial charge in [-0.15, -0.1) is 0 Å². The minimum atomic E-state index is 0.952. The van der Waals surface area contributed by atoms with Crippen LogP contribution in [0.25, 0.3) is 16.6 Å². The number of fused-ring (bicyclic) bond motifs is 3. The molecular formula is C15H18N4. The molecule has 4 heteroatoms. The third-order valence-corrected chi connectivity index (χ3v) is 4.25. The predicted molar refractivity (Wildman–Crippen MR) is 76.0 cm³/mol. The topological polar surface area (TPSA) is 53.6 Å². The zero-order valence-electron chi connectivity index (χ0n) is 11.0. The molecule has 2 N–H and O–H groups in total. The van der Waals surface area contributed by atoms with Crippen LogP contribution in [0.15, 0.2) is 12.4 Å². The van der Waals surface area contributed by atoms with E-state index in [2.05, 4.69) is 26.3 Å². The summed E-state index contributed by atoms with van der Waals surface area (Å²) >= 11 is 0. The van der Waals surface area contributed by atoms with E-state index in [0.717, 1.165) is 37.3 Å². The third-order valence-electron chi connectivity index (χ3n) is 4.25. The van der Waals surface area contributed by atoms with Gasteiger partial charge < -0.3 is 10.3 Å². The Kier molecular flexibility index (Phi) is 2.62. The summed E-state index contributed by atoms with van der Waals surface area (Å²) in [5.74, 6) is 0. The van der Waals surface area contributed by atoms with Crippen molar-refractivity contribution in [3.05, 3.63) is 29.4 Å². The van der Waals surface area contributed by atoms with Crippen LogP contribution in [-0.4, -0.2) is 28.0 Å². The molecule has 19 heavy (non-hydrogen) atoms. The second-order valence-corrected chi connectivity index (χ2v) is 5.42. The fraction of sp³-hybridized carbons (Fsp3) is 0.467. The van der Waals surface area contributed by atoms with E-state index in [1.54, 1.807) is 6.33 Å². The molecular weight excluding hydrogens is 236 g/mol. The lowest BCUT2D eigenvalue weighted by Gasteiger charge is -2.15. The molecule has 0 atom stereocenters. The molecule has 2 aromatic heterocycles. The lowest BCUT2D eigenvalue weighted by Crippen LogP contribution is -2.20. The summed E-state index contributed by atoms with van der Waals surface area (Å²) in [6, 6.07) is 0. The molecule has 0 spiro atoms. The van der Waals surface area contributed by atoms with Gasteiger partial charge in [-0.25, -0.2) is 9.97 Å². The Bertz CT molecular complexity index is 653. The molecule has 1 aliphatic carbocycles. The summed E-state index contributed by atoms with van der Waals surface area (Å²) in [6.45, 7) is 2.00. The molecule has 2 aliphatic rings. The van der Waals surface area contributed by atoms with E-state index in [4.69, 9.17) is 0 Å². The van der Waals surface area contributed by atoms with Crippen LogP contribution in [-0.2, 0) is 12.8 Å². The van der Waals surface area contributed by atoms with Crippen LogP contribution >= 0.6 is 0 Å². The van der Waals surface area contributed by atoms with Gasteiger partial charge in [0.05, 0.1) is 5.69 Å². The van der Waals surface area contributed by atoms with Crippen LogP contribution < -0.4 is 5.32 Å². The number of rotatable bonds is 1. The van der Waals surface area contributed by atoms with Crippen LogP contribution in [0.3, 0.4) is 0 Å². The zero-order chi connectivity index (χ0) is 12.7. The van der Waals surface area contributed by atoms with E-state index in [0.29, 0.717) is 0 Å². The van der Waals surface area contributed by atoms with E-state index < -0.39 is 0 Å². The largest absolute Gasteiger partial charge is 0.343 e. The molecule has 0 saturated carbocycles. The monoisotopic (exact) mass is 254 g/mol. The molecule has 0 bridgehead atoms. The summed E-state index contributed by atoms with van der Waals surface area (Å²) in [4.78, 5) is 12.5. The predicted octanol–water partition coefficient (Wildman–Crippen LogP) is 2.21. The maximum atomic E-state index is 4.58. The molecule has 98 valence electrons. The first-order valence-electron chi connectivity index (χ1n) is 7.18. The van der Waals surface area contributed by atoms with Crippen molar-refractivity contribution < 1.29 is 0 Å².